The van der Waals surface area contributed by atoms with Crippen molar-refractivity contribution in [1.29, 1.82) is 0 Å². The molecular weight excluding hydrogens is 703 g/mol. The first-order chi connectivity index (χ1) is 26.5. The van der Waals surface area contributed by atoms with Gasteiger partial charge in [-0.2, -0.15) is 11.8 Å². The predicted octanol–water partition coefficient (Wildman–Crippen LogP) is 7.61. The molecule has 2 aromatic carbocycles. The van der Waals surface area contributed by atoms with Crippen LogP contribution in [0.25, 0.3) is 0 Å². The number of hydrogen-bond acceptors (Lipinski definition) is 10. The summed E-state index contributed by atoms with van der Waals surface area (Å²) in [6.07, 6.45) is 13.6. The van der Waals surface area contributed by atoms with Crippen LogP contribution in [0.3, 0.4) is 0 Å². The molecule has 1 aliphatic heterocycles. The number of aliphatic hydroxyl groups is 2. The number of nitrogens with zero attached hydrogens (tertiary/aromatic N) is 2. The van der Waals surface area contributed by atoms with Crippen molar-refractivity contribution in [2.45, 2.75) is 74.9 Å². The highest BCUT2D eigenvalue weighted by molar-refractivity contribution is 8.00. The van der Waals surface area contributed by atoms with Crippen molar-refractivity contribution in [2.75, 3.05) is 32.7 Å². The van der Waals surface area contributed by atoms with E-state index in [1.165, 1.54) is 5.56 Å². The van der Waals surface area contributed by atoms with Crippen LogP contribution >= 0.6 is 11.8 Å². The molecule has 1 aromatic heterocycles. The van der Waals surface area contributed by atoms with Crippen molar-refractivity contribution in [1.82, 2.24) is 10.3 Å². The molecule has 6 atom stereocenters. The minimum absolute atomic E-state index is 0.0991. The molecule has 10 nitrogen and oxygen atoms in total. The van der Waals surface area contributed by atoms with Gasteiger partial charge in [0.25, 0.3) is 0 Å². The molecule has 288 valence electrons. The Bertz CT molecular complexity index is 1740. The zero-order valence-electron chi connectivity index (χ0n) is 31.1. The molecular formula is C43H53N3O7S. The van der Waals surface area contributed by atoms with Crippen LogP contribution in [0.2, 0.25) is 0 Å². The highest BCUT2D eigenvalue weighted by atomic mass is 32.2. The average Bonchev–Trinajstić information content (AvgIpc) is 3.19. The molecule has 0 radical (unpaired) electrons. The van der Waals surface area contributed by atoms with Gasteiger partial charge in [0, 0.05) is 50.1 Å². The predicted molar refractivity (Wildman–Crippen MR) is 212 cm³/mol. The number of allylic oxidation sites excluding steroid dienone is 1. The van der Waals surface area contributed by atoms with Crippen molar-refractivity contribution < 1.29 is 34.1 Å². The zero-order valence-corrected chi connectivity index (χ0v) is 31.9. The highest BCUT2D eigenvalue weighted by Gasteiger charge is 2.64. The first kappa shape index (κ1) is 39.5. The number of unbranched alkanes of at least 4 members (excludes halogenated alkanes) is 2. The topological polar surface area (TPSA) is 132 Å². The fraction of sp³-hybridized carbons (Fsp3) is 0.465. The van der Waals surface area contributed by atoms with Crippen LogP contribution in [0.4, 0.5) is 4.79 Å². The molecule has 6 rings (SSSR count). The van der Waals surface area contributed by atoms with E-state index in [9.17, 15) is 15.0 Å². The van der Waals surface area contributed by atoms with Crippen molar-refractivity contribution in [2.24, 2.45) is 22.9 Å². The minimum atomic E-state index is -1.06. The number of carbonyl (C=O) groups excluding carboxylic acids is 1. The third-order valence-corrected chi connectivity index (χ3v) is 12.1. The van der Waals surface area contributed by atoms with Gasteiger partial charge >= 0.3 is 6.09 Å². The van der Waals surface area contributed by atoms with E-state index in [-0.39, 0.29) is 42.1 Å². The van der Waals surface area contributed by atoms with Crippen LogP contribution in [0.15, 0.2) is 103 Å². The average molecular weight is 756 g/mol. The second-order valence-electron chi connectivity index (χ2n) is 14.1. The largest absolute Gasteiger partial charge is 0.460 e. The van der Waals surface area contributed by atoms with Crippen LogP contribution in [-0.4, -0.2) is 70.7 Å². The summed E-state index contributed by atoms with van der Waals surface area (Å²) in [6.45, 7) is 4.92. The third-order valence-electron chi connectivity index (χ3n) is 10.8. The number of ether oxygens (including phenoxy) is 3. The Morgan fingerprint density at radius 2 is 1.83 bits per heavy atom. The van der Waals surface area contributed by atoms with E-state index in [1.807, 2.05) is 78.8 Å². The van der Waals surface area contributed by atoms with E-state index in [1.54, 1.807) is 19.3 Å². The molecule has 3 aromatic rings. The molecule has 1 fully saturated rings. The number of amides is 1. The van der Waals surface area contributed by atoms with Gasteiger partial charge in [0.05, 0.1) is 23.5 Å². The van der Waals surface area contributed by atoms with E-state index in [4.69, 9.17) is 19.0 Å². The van der Waals surface area contributed by atoms with Gasteiger partial charge in [-0.05, 0) is 96.7 Å². The number of rotatable bonds is 19. The zero-order chi connectivity index (χ0) is 37.8. The lowest BCUT2D eigenvalue weighted by atomic mass is 9.56. The van der Waals surface area contributed by atoms with Crippen LogP contribution in [-0.2, 0) is 22.5 Å². The van der Waals surface area contributed by atoms with Crippen molar-refractivity contribution >= 4 is 23.6 Å². The van der Waals surface area contributed by atoms with Gasteiger partial charge in [-0.3, -0.25) is 4.98 Å². The van der Waals surface area contributed by atoms with Crippen molar-refractivity contribution in [3.05, 3.63) is 114 Å². The number of oxime groups is 1. The smallest absolute Gasteiger partial charge is 0.412 e. The number of carbonyl (C=O) groups is 1. The number of aliphatic hydroxyl groups excluding tert-OH is 2. The van der Waals surface area contributed by atoms with Crippen molar-refractivity contribution in [3.63, 3.8) is 0 Å². The number of nitrogens with one attached hydrogen (secondary N) is 1. The molecule has 54 heavy (non-hydrogen) atoms. The molecule has 1 saturated carbocycles. The first-order valence-corrected chi connectivity index (χ1v) is 20.2. The fourth-order valence-corrected chi connectivity index (χ4v) is 9.84. The second-order valence-corrected chi connectivity index (χ2v) is 15.4. The van der Waals surface area contributed by atoms with Gasteiger partial charge in [-0.25, -0.2) is 4.79 Å². The molecule has 0 bridgehead atoms. The Balaban J connectivity index is 1.43. The number of pyridine rings is 1. The normalized spacial score (nSPS) is 24.8. The van der Waals surface area contributed by atoms with Crippen LogP contribution < -0.4 is 14.8 Å². The summed E-state index contributed by atoms with van der Waals surface area (Å²) in [7, 11) is 1.59. The van der Waals surface area contributed by atoms with Crippen LogP contribution in [0.1, 0.15) is 67.6 Å². The lowest BCUT2D eigenvalue weighted by Crippen LogP contribution is -2.64. The molecule has 0 spiro atoms. The van der Waals surface area contributed by atoms with Crippen LogP contribution in [0.5, 0.6) is 11.5 Å². The third kappa shape index (κ3) is 9.20. The summed E-state index contributed by atoms with van der Waals surface area (Å²) in [4.78, 5) is 22.8. The maximum atomic E-state index is 13.1. The van der Waals surface area contributed by atoms with E-state index in [2.05, 4.69) is 28.1 Å². The fourth-order valence-electron chi connectivity index (χ4n) is 8.43. The lowest BCUT2D eigenvalue weighted by Gasteiger charge is -2.58. The minimum Gasteiger partial charge on any atom is -0.460 e. The van der Waals surface area contributed by atoms with Crippen molar-refractivity contribution in [3.8, 4) is 11.5 Å². The Hall–Kier alpha value is -4.16. The Labute approximate surface area is 323 Å². The van der Waals surface area contributed by atoms with Gasteiger partial charge in [0.15, 0.2) is 0 Å². The van der Waals surface area contributed by atoms with E-state index in [0.717, 1.165) is 60.3 Å². The van der Waals surface area contributed by atoms with Gasteiger partial charge in [-0.1, -0.05) is 60.5 Å². The summed E-state index contributed by atoms with van der Waals surface area (Å²) < 4.78 is 20.1. The summed E-state index contributed by atoms with van der Waals surface area (Å²) in [6, 6.07) is 19.5. The number of benzene rings is 2. The maximum absolute atomic E-state index is 13.1. The molecule has 1 amide bonds. The van der Waals surface area contributed by atoms with Gasteiger partial charge in [0.2, 0.25) is 5.79 Å². The quantitative estimate of drug-likeness (QED) is 0.0643. The summed E-state index contributed by atoms with van der Waals surface area (Å²) in [5.41, 5.74) is 5.08. The summed E-state index contributed by atoms with van der Waals surface area (Å²) in [5.74, 6) is 0.834. The second kappa shape index (κ2) is 19.4. The maximum Gasteiger partial charge on any atom is 0.412 e. The van der Waals surface area contributed by atoms with Gasteiger partial charge in [0.1, 0.15) is 18.6 Å². The first-order valence-electron chi connectivity index (χ1n) is 19.1. The summed E-state index contributed by atoms with van der Waals surface area (Å²) >= 11 is 1.82. The highest BCUT2D eigenvalue weighted by Crippen LogP contribution is 2.62. The number of aryl methyl sites for hydroxylation is 1. The van der Waals surface area contributed by atoms with Crippen LogP contribution in [0, 0.1) is 17.8 Å². The molecule has 0 saturated heterocycles. The number of hydrogen-bond donors (Lipinski definition) is 3. The monoisotopic (exact) mass is 755 g/mol. The standard InChI is InChI=1S/C43H53N3O7S/c1-3-24-51-43-39(54-25-19-30-17-20-44-21-18-30)28-37(46-50-2)35-26-32(13-7-9-22-47)34(14-8-10-23-48)40(41(35)43)36-27-33(15-16-38(36)53-43)52-42(49)45-29-31-11-5-4-6-12-31/h3-6,11-12,15-18,20-21,26-27,32,34,39-41,47-48H,1,7-10,13-14,19,22-25,28-29H2,2H3,(H,45,49). The Kier molecular flexibility index (Phi) is 14.2. The Morgan fingerprint density at radius 3 is 2.57 bits per heavy atom. The molecule has 6 unspecified atom stereocenters. The number of aromatic nitrogens is 1. The molecule has 11 heteroatoms. The molecule has 3 aliphatic rings. The van der Waals surface area contributed by atoms with E-state index in [0.29, 0.717) is 43.9 Å². The lowest BCUT2D eigenvalue weighted by molar-refractivity contribution is -0.223. The van der Waals surface area contributed by atoms with E-state index < -0.39 is 11.9 Å². The SMILES string of the molecule is C=CCOC12Oc3ccc(OC(=O)NCc4ccccc4)cc3C3C(CCCCO)C(CCCCO)C=C(C(=NOC)CC1SCCc1ccncc1)C32. The summed E-state index contributed by atoms with van der Waals surface area (Å²) in [5, 5.41) is 27.0. The molecule has 2 heterocycles. The number of thioether (sulfide) groups is 1. The molecule has 3 N–H and O–H groups in total. The van der Waals surface area contributed by atoms with Gasteiger partial charge in [-0.15, -0.1) is 6.58 Å². The Morgan fingerprint density at radius 1 is 1.06 bits per heavy atom. The molecule has 2 aliphatic carbocycles. The van der Waals surface area contributed by atoms with Gasteiger partial charge < -0.3 is 34.6 Å². The number of fused-ring (bicyclic) bond motifs is 2. The van der Waals surface area contributed by atoms with E-state index >= 15 is 0 Å².